The number of hydrogen-bond acceptors (Lipinski definition) is 6. The summed E-state index contributed by atoms with van der Waals surface area (Å²) in [5.74, 6) is 0.0682. The van der Waals surface area contributed by atoms with Crippen molar-refractivity contribution in [2.45, 2.75) is 12.5 Å². The number of carbonyl (C=O) groups excluding carboxylic acids is 3. The van der Waals surface area contributed by atoms with Gasteiger partial charge in [-0.15, -0.1) is 0 Å². The van der Waals surface area contributed by atoms with Gasteiger partial charge in [-0.3, -0.25) is 15.0 Å². The molecule has 2 N–H and O–H groups in total. The topological polar surface area (TPSA) is 106 Å². The molecule has 1 heterocycles. The number of hydrogen-bond donors (Lipinski definition) is 2. The maximum atomic E-state index is 12.9. The average molecular weight is 399 g/mol. The number of para-hydroxylation sites is 2. The zero-order chi connectivity index (χ0) is 21.0. The molecule has 2 aromatic carbocycles. The van der Waals surface area contributed by atoms with Crippen molar-refractivity contribution in [2.75, 3.05) is 20.8 Å². The molecule has 29 heavy (non-hydrogen) atoms. The van der Waals surface area contributed by atoms with Crippen LogP contribution in [0.5, 0.6) is 17.2 Å². The summed E-state index contributed by atoms with van der Waals surface area (Å²) in [5.41, 5.74) is 1.46. The van der Waals surface area contributed by atoms with Gasteiger partial charge >= 0.3 is 6.03 Å². The molecule has 1 atom stereocenters. The molecule has 152 valence electrons. The average Bonchev–Trinajstić information content (AvgIpc) is 2.96. The van der Waals surface area contributed by atoms with Crippen molar-refractivity contribution >= 4 is 17.8 Å². The fourth-order valence-corrected chi connectivity index (χ4v) is 2.91. The second-order valence-electron chi connectivity index (χ2n) is 6.40. The van der Waals surface area contributed by atoms with E-state index in [9.17, 15) is 14.4 Å². The number of carbonyl (C=O) groups is 3. The van der Waals surface area contributed by atoms with Gasteiger partial charge in [-0.1, -0.05) is 24.3 Å². The highest BCUT2D eigenvalue weighted by molar-refractivity contribution is 6.08. The minimum atomic E-state index is -1.34. The first-order valence-electron chi connectivity index (χ1n) is 8.75. The largest absolute Gasteiger partial charge is 0.497 e. The summed E-state index contributed by atoms with van der Waals surface area (Å²) < 4.78 is 15.7. The quantitative estimate of drug-likeness (QED) is 0.685. The second kappa shape index (κ2) is 8.09. The third-order valence-corrected chi connectivity index (χ3v) is 4.50. The maximum Gasteiger partial charge on any atom is 0.344 e. The van der Waals surface area contributed by atoms with Crippen LogP contribution in [0.15, 0.2) is 48.5 Å². The van der Waals surface area contributed by atoms with E-state index < -0.39 is 30.0 Å². The molecule has 9 nitrogen and oxygen atoms in total. The van der Waals surface area contributed by atoms with Crippen molar-refractivity contribution in [1.82, 2.24) is 15.8 Å². The van der Waals surface area contributed by atoms with E-state index in [1.54, 1.807) is 55.5 Å². The first kappa shape index (κ1) is 20.0. The van der Waals surface area contributed by atoms with Crippen molar-refractivity contribution in [1.29, 1.82) is 0 Å². The first-order valence-corrected chi connectivity index (χ1v) is 8.75. The van der Waals surface area contributed by atoms with E-state index in [1.807, 2.05) is 0 Å². The molecule has 1 aliphatic rings. The van der Waals surface area contributed by atoms with E-state index in [-0.39, 0.29) is 0 Å². The van der Waals surface area contributed by atoms with Crippen molar-refractivity contribution in [3.63, 3.8) is 0 Å². The molecule has 0 aliphatic carbocycles. The monoisotopic (exact) mass is 399 g/mol. The molecule has 3 rings (SSSR count). The number of rotatable bonds is 7. The van der Waals surface area contributed by atoms with E-state index in [1.165, 1.54) is 14.2 Å². The second-order valence-corrected chi connectivity index (χ2v) is 6.40. The molecular weight excluding hydrogens is 378 g/mol. The van der Waals surface area contributed by atoms with Gasteiger partial charge in [0, 0.05) is 0 Å². The third kappa shape index (κ3) is 3.93. The number of nitrogens with one attached hydrogen (secondary N) is 2. The van der Waals surface area contributed by atoms with Crippen LogP contribution in [-0.4, -0.2) is 43.7 Å². The molecule has 1 aliphatic heterocycles. The van der Waals surface area contributed by atoms with Gasteiger partial charge in [0.1, 0.15) is 11.3 Å². The summed E-state index contributed by atoms with van der Waals surface area (Å²) in [6.45, 7) is 1.15. The van der Waals surface area contributed by atoms with Crippen LogP contribution in [0, 0.1) is 0 Å². The Morgan fingerprint density at radius 3 is 2.48 bits per heavy atom. The van der Waals surface area contributed by atoms with Crippen LogP contribution in [0.1, 0.15) is 12.5 Å². The Bertz CT molecular complexity index is 947. The SMILES string of the molecule is COc1cccc([C@@]2(C)NC(=O)N(NC(=O)COc3ccccc3OC)C2=O)c1. The predicted octanol–water partition coefficient (Wildman–Crippen LogP) is 1.58. The Hall–Kier alpha value is -3.75. The normalized spacial score (nSPS) is 18.2. The van der Waals surface area contributed by atoms with Gasteiger partial charge in [-0.05, 0) is 36.8 Å². The van der Waals surface area contributed by atoms with E-state index in [4.69, 9.17) is 14.2 Å². The summed E-state index contributed by atoms with van der Waals surface area (Å²) in [4.78, 5) is 37.4. The van der Waals surface area contributed by atoms with Crippen LogP contribution in [-0.2, 0) is 15.1 Å². The van der Waals surface area contributed by atoms with Gasteiger partial charge in [0.2, 0.25) is 0 Å². The summed E-state index contributed by atoms with van der Waals surface area (Å²) in [6.07, 6.45) is 0. The van der Waals surface area contributed by atoms with Gasteiger partial charge in [0.25, 0.3) is 11.8 Å². The number of hydrazine groups is 1. The highest BCUT2D eigenvalue weighted by Gasteiger charge is 2.50. The third-order valence-electron chi connectivity index (χ3n) is 4.50. The lowest BCUT2D eigenvalue weighted by Crippen LogP contribution is -2.49. The lowest BCUT2D eigenvalue weighted by molar-refractivity contribution is -0.139. The molecule has 0 bridgehead atoms. The van der Waals surface area contributed by atoms with Crippen LogP contribution in [0.4, 0.5) is 4.79 Å². The molecule has 0 saturated carbocycles. The molecule has 0 spiro atoms. The summed E-state index contributed by atoms with van der Waals surface area (Å²) in [6, 6.07) is 12.8. The number of amides is 4. The zero-order valence-corrected chi connectivity index (χ0v) is 16.2. The Labute approximate surface area is 167 Å². The Balaban J connectivity index is 1.69. The van der Waals surface area contributed by atoms with Crippen LogP contribution in [0.25, 0.3) is 0 Å². The molecule has 0 aromatic heterocycles. The maximum absolute atomic E-state index is 12.9. The molecular formula is C20H21N3O6. The van der Waals surface area contributed by atoms with E-state index >= 15 is 0 Å². The van der Waals surface area contributed by atoms with E-state index in [0.29, 0.717) is 27.8 Å². The van der Waals surface area contributed by atoms with Crippen LogP contribution < -0.4 is 25.0 Å². The standard InChI is InChI=1S/C20H21N3O6/c1-20(13-7-6-8-14(11-13)27-2)18(25)23(19(26)21-20)22-17(24)12-29-16-10-5-4-9-15(16)28-3/h4-11H,12H2,1-3H3,(H,21,26)(H,22,24)/t20-/m1/s1. The zero-order valence-electron chi connectivity index (χ0n) is 16.2. The van der Waals surface area contributed by atoms with Gasteiger partial charge < -0.3 is 19.5 Å². The first-order chi connectivity index (χ1) is 13.9. The lowest BCUT2D eigenvalue weighted by atomic mass is 9.92. The number of urea groups is 1. The predicted molar refractivity (Wildman–Crippen MR) is 102 cm³/mol. The lowest BCUT2D eigenvalue weighted by Gasteiger charge is -2.22. The molecule has 0 unspecified atom stereocenters. The van der Waals surface area contributed by atoms with Gasteiger partial charge in [-0.25, -0.2) is 4.79 Å². The Morgan fingerprint density at radius 2 is 1.79 bits per heavy atom. The molecule has 1 saturated heterocycles. The number of benzene rings is 2. The molecule has 1 fully saturated rings. The van der Waals surface area contributed by atoms with Crippen molar-refractivity contribution < 1.29 is 28.6 Å². The van der Waals surface area contributed by atoms with Crippen LogP contribution >= 0.6 is 0 Å². The minimum Gasteiger partial charge on any atom is -0.497 e. The smallest absolute Gasteiger partial charge is 0.344 e. The summed E-state index contributed by atoms with van der Waals surface area (Å²) in [5, 5.41) is 3.25. The van der Waals surface area contributed by atoms with E-state index in [0.717, 1.165) is 0 Å². The number of nitrogens with zero attached hydrogens (tertiary/aromatic N) is 1. The molecule has 9 heteroatoms. The number of methoxy groups -OCH3 is 2. The fourth-order valence-electron chi connectivity index (χ4n) is 2.91. The van der Waals surface area contributed by atoms with Crippen LogP contribution in [0.2, 0.25) is 0 Å². The van der Waals surface area contributed by atoms with Gasteiger partial charge in [-0.2, -0.15) is 5.01 Å². The van der Waals surface area contributed by atoms with Gasteiger partial charge in [0.05, 0.1) is 14.2 Å². The fraction of sp³-hybridized carbons (Fsp3) is 0.250. The van der Waals surface area contributed by atoms with Crippen molar-refractivity contribution in [3.8, 4) is 17.2 Å². The van der Waals surface area contributed by atoms with Crippen molar-refractivity contribution in [3.05, 3.63) is 54.1 Å². The highest BCUT2D eigenvalue weighted by atomic mass is 16.5. The molecule has 4 amide bonds. The Morgan fingerprint density at radius 1 is 1.07 bits per heavy atom. The van der Waals surface area contributed by atoms with Gasteiger partial charge in [0.15, 0.2) is 18.1 Å². The highest BCUT2D eigenvalue weighted by Crippen LogP contribution is 2.30. The van der Waals surface area contributed by atoms with Crippen LogP contribution in [0.3, 0.4) is 0 Å². The minimum absolute atomic E-state index is 0.364. The molecule has 2 aromatic rings. The molecule has 0 radical (unpaired) electrons. The Kier molecular flexibility index (Phi) is 5.58. The number of imide groups is 1. The summed E-state index contributed by atoms with van der Waals surface area (Å²) >= 11 is 0. The number of ether oxygens (including phenoxy) is 3. The summed E-state index contributed by atoms with van der Waals surface area (Å²) in [7, 11) is 2.99. The van der Waals surface area contributed by atoms with Crippen molar-refractivity contribution in [2.24, 2.45) is 0 Å². The van der Waals surface area contributed by atoms with E-state index in [2.05, 4.69) is 10.7 Å².